The van der Waals surface area contributed by atoms with E-state index in [9.17, 15) is 14.0 Å². The van der Waals surface area contributed by atoms with E-state index in [4.69, 9.17) is 10.8 Å². The summed E-state index contributed by atoms with van der Waals surface area (Å²) in [6.07, 6.45) is 1.02. The molecule has 0 radical (unpaired) electrons. The molecule has 1 aliphatic heterocycles. The van der Waals surface area contributed by atoms with Crippen molar-refractivity contribution in [3.63, 3.8) is 0 Å². The third-order valence-electron chi connectivity index (χ3n) is 7.05. The van der Waals surface area contributed by atoms with Gasteiger partial charge in [0.25, 0.3) is 5.91 Å². The van der Waals surface area contributed by atoms with E-state index in [1.54, 1.807) is 6.07 Å². The second kappa shape index (κ2) is 11.2. The molecule has 4 aromatic carbocycles. The quantitative estimate of drug-likeness (QED) is 0.191. The first-order chi connectivity index (χ1) is 19.2. The molecular weight excluding hydrogens is 505 g/mol. The van der Waals surface area contributed by atoms with E-state index in [1.807, 2.05) is 73.7 Å². The summed E-state index contributed by atoms with van der Waals surface area (Å²) in [5, 5.41) is 15.3. The molecule has 1 atom stereocenters. The van der Waals surface area contributed by atoms with Crippen LogP contribution in [-0.2, 0) is 28.0 Å². The molecule has 0 aliphatic carbocycles. The van der Waals surface area contributed by atoms with Gasteiger partial charge in [0.2, 0.25) is 0 Å². The standard InChI is InChI=1S/C33H30FN3O3/c1-33(35,20-22-6-3-2-4-7-22)24-11-14-26(15-12-24)36-31(23-9-5-8-21(18-23)10-17-29(38)39)30-27-16-13-25(34)19-28(27)37-32(30)40/h2-9,11-16,18-19,36H,10,17,20,35H2,1H3,(H,37,40)(H,38,39)/b31-30-. The number of amides is 1. The predicted molar refractivity (Wildman–Crippen MR) is 156 cm³/mol. The van der Waals surface area contributed by atoms with Gasteiger partial charge in [-0.1, -0.05) is 60.7 Å². The van der Waals surface area contributed by atoms with E-state index in [1.165, 1.54) is 12.1 Å². The Bertz CT molecular complexity index is 1600. The summed E-state index contributed by atoms with van der Waals surface area (Å²) in [6, 6.07) is 29.5. The number of nitrogens with two attached hydrogens (primary N) is 1. The zero-order valence-corrected chi connectivity index (χ0v) is 22.1. The summed E-state index contributed by atoms with van der Waals surface area (Å²) in [5.74, 6) is -1.68. The molecule has 4 aromatic rings. The lowest BCUT2D eigenvalue weighted by Crippen LogP contribution is -2.35. The first-order valence-electron chi connectivity index (χ1n) is 13.1. The van der Waals surface area contributed by atoms with Crippen LogP contribution in [0.1, 0.15) is 41.2 Å². The molecule has 1 heterocycles. The monoisotopic (exact) mass is 535 g/mol. The van der Waals surface area contributed by atoms with Gasteiger partial charge < -0.3 is 21.5 Å². The van der Waals surface area contributed by atoms with E-state index in [2.05, 4.69) is 22.8 Å². The molecule has 202 valence electrons. The highest BCUT2D eigenvalue weighted by molar-refractivity contribution is 6.37. The van der Waals surface area contributed by atoms with Crippen LogP contribution < -0.4 is 16.4 Å². The summed E-state index contributed by atoms with van der Waals surface area (Å²) in [5.41, 5.74) is 12.4. The highest BCUT2D eigenvalue weighted by Gasteiger charge is 2.29. The van der Waals surface area contributed by atoms with Gasteiger partial charge in [-0.3, -0.25) is 9.59 Å². The van der Waals surface area contributed by atoms with Crippen molar-refractivity contribution < 1.29 is 19.1 Å². The maximum absolute atomic E-state index is 13.9. The smallest absolute Gasteiger partial charge is 0.303 e. The molecule has 1 amide bonds. The summed E-state index contributed by atoms with van der Waals surface area (Å²) in [7, 11) is 0. The van der Waals surface area contributed by atoms with Crippen LogP contribution in [-0.4, -0.2) is 17.0 Å². The topological polar surface area (TPSA) is 104 Å². The second-order valence-corrected chi connectivity index (χ2v) is 10.3. The summed E-state index contributed by atoms with van der Waals surface area (Å²) < 4.78 is 13.9. The van der Waals surface area contributed by atoms with E-state index in [0.717, 1.165) is 22.4 Å². The zero-order chi connectivity index (χ0) is 28.3. The van der Waals surface area contributed by atoms with E-state index >= 15 is 0 Å². The van der Waals surface area contributed by atoms with Crippen molar-refractivity contribution in [3.05, 3.63) is 131 Å². The Morgan fingerprint density at radius 2 is 1.68 bits per heavy atom. The fraction of sp³-hybridized carbons (Fsp3) is 0.152. The summed E-state index contributed by atoms with van der Waals surface area (Å²) in [6.45, 7) is 2.00. The molecule has 0 bridgehead atoms. The lowest BCUT2D eigenvalue weighted by Gasteiger charge is -2.26. The molecule has 1 aliphatic rings. The maximum Gasteiger partial charge on any atom is 0.303 e. The van der Waals surface area contributed by atoms with Gasteiger partial charge in [-0.25, -0.2) is 4.39 Å². The Balaban J connectivity index is 1.51. The minimum absolute atomic E-state index is 0.00627. The average molecular weight is 536 g/mol. The number of carbonyl (C=O) groups is 2. The summed E-state index contributed by atoms with van der Waals surface area (Å²) >= 11 is 0. The molecule has 0 fully saturated rings. The number of halogens is 1. The average Bonchev–Trinajstić information content (AvgIpc) is 3.25. The van der Waals surface area contributed by atoms with Crippen molar-refractivity contribution in [3.8, 4) is 0 Å². The lowest BCUT2D eigenvalue weighted by atomic mass is 9.86. The van der Waals surface area contributed by atoms with Gasteiger partial charge in [-0.15, -0.1) is 0 Å². The number of benzene rings is 4. The number of anilines is 2. The molecule has 7 heteroatoms. The number of nitrogens with one attached hydrogen (secondary N) is 2. The van der Waals surface area contributed by atoms with Gasteiger partial charge >= 0.3 is 5.97 Å². The number of fused-ring (bicyclic) bond motifs is 1. The number of carboxylic acid groups (broad SMARTS) is 1. The Morgan fingerprint density at radius 3 is 2.40 bits per heavy atom. The molecule has 0 saturated carbocycles. The van der Waals surface area contributed by atoms with Crippen molar-refractivity contribution in [2.24, 2.45) is 5.73 Å². The molecule has 5 N–H and O–H groups in total. The maximum atomic E-state index is 13.9. The van der Waals surface area contributed by atoms with Gasteiger partial charge in [0.1, 0.15) is 5.82 Å². The van der Waals surface area contributed by atoms with Crippen LogP contribution >= 0.6 is 0 Å². The Kier molecular flexibility index (Phi) is 7.49. The minimum atomic E-state index is -0.882. The first kappa shape index (κ1) is 26.8. The van der Waals surface area contributed by atoms with Crippen LogP contribution in [0.15, 0.2) is 97.1 Å². The predicted octanol–water partition coefficient (Wildman–Crippen LogP) is 6.19. The number of carbonyl (C=O) groups excluding carboxylic acids is 1. The second-order valence-electron chi connectivity index (χ2n) is 10.3. The van der Waals surface area contributed by atoms with E-state index in [0.29, 0.717) is 40.9 Å². The number of hydrogen-bond donors (Lipinski definition) is 4. The Morgan fingerprint density at radius 1 is 0.950 bits per heavy atom. The van der Waals surface area contributed by atoms with Crippen molar-refractivity contribution in [1.82, 2.24) is 0 Å². The Hall–Kier alpha value is -4.75. The third-order valence-corrected chi connectivity index (χ3v) is 7.05. The Labute approximate surface area is 232 Å². The minimum Gasteiger partial charge on any atom is -0.481 e. The first-order valence-corrected chi connectivity index (χ1v) is 13.1. The van der Waals surface area contributed by atoms with E-state index < -0.39 is 17.3 Å². The molecular formula is C33H30FN3O3. The van der Waals surface area contributed by atoms with Crippen LogP contribution in [0.25, 0.3) is 11.3 Å². The van der Waals surface area contributed by atoms with Crippen LogP contribution in [0.4, 0.5) is 15.8 Å². The fourth-order valence-corrected chi connectivity index (χ4v) is 5.01. The van der Waals surface area contributed by atoms with E-state index in [-0.39, 0.29) is 12.3 Å². The van der Waals surface area contributed by atoms with Gasteiger partial charge in [0.15, 0.2) is 0 Å². The fourth-order valence-electron chi connectivity index (χ4n) is 5.01. The molecule has 0 spiro atoms. The van der Waals surface area contributed by atoms with Crippen LogP contribution in [0, 0.1) is 5.82 Å². The van der Waals surface area contributed by atoms with Crippen LogP contribution in [0.3, 0.4) is 0 Å². The lowest BCUT2D eigenvalue weighted by molar-refractivity contribution is -0.137. The highest BCUT2D eigenvalue weighted by Crippen LogP contribution is 2.38. The third kappa shape index (κ3) is 5.95. The van der Waals surface area contributed by atoms with Crippen molar-refractivity contribution in [2.75, 3.05) is 10.6 Å². The van der Waals surface area contributed by atoms with Gasteiger partial charge in [-0.05, 0) is 78.4 Å². The van der Waals surface area contributed by atoms with Gasteiger partial charge in [0, 0.05) is 23.2 Å². The van der Waals surface area contributed by atoms with Gasteiger partial charge in [0.05, 0.1) is 17.0 Å². The number of aliphatic carboxylic acids is 1. The largest absolute Gasteiger partial charge is 0.481 e. The summed E-state index contributed by atoms with van der Waals surface area (Å²) in [4.78, 5) is 24.3. The highest BCUT2D eigenvalue weighted by atomic mass is 19.1. The molecule has 6 nitrogen and oxygen atoms in total. The number of rotatable bonds is 9. The molecule has 1 unspecified atom stereocenters. The molecule has 40 heavy (non-hydrogen) atoms. The normalized spacial score (nSPS) is 15.1. The number of aryl methyl sites for hydroxylation is 1. The molecule has 0 saturated heterocycles. The zero-order valence-electron chi connectivity index (χ0n) is 22.1. The van der Waals surface area contributed by atoms with Crippen LogP contribution in [0.2, 0.25) is 0 Å². The molecule has 5 rings (SSSR count). The number of carboxylic acids is 1. The van der Waals surface area contributed by atoms with Crippen molar-refractivity contribution >= 4 is 34.5 Å². The molecule has 0 aromatic heterocycles. The number of hydrogen-bond acceptors (Lipinski definition) is 4. The van der Waals surface area contributed by atoms with Crippen molar-refractivity contribution in [2.45, 2.75) is 31.7 Å². The van der Waals surface area contributed by atoms with Gasteiger partial charge in [-0.2, -0.15) is 0 Å². The van der Waals surface area contributed by atoms with Crippen LogP contribution in [0.5, 0.6) is 0 Å². The SMILES string of the molecule is CC(N)(Cc1ccccc1)c1ccc(N/C(=C2\C(=O)Nc3cc(F)ccc32)c2cccc(CCC(=O)O)c2)cc1. The van der Waals surface area contributed by atoms with Crippen molar-refractivity contribution in [1.29, 1.82) is 0 Å².